The molecule has 2 aromatic carbocycles. The van der Waals surface area contributed by atoms with Crippen LogP contribution >= 0.6 is 23.4 Å². The van der Waals surface area contributed by atoms with E-state index in [1.54, 1.807) is 17.7 Å². The molecule has 6 nitrogen and oxygen atoms in total. The van der Waals surface area contributed by atoms with Gasteiger partial charge in [0.2, 0.25) is 0 Å². The molecule has 0 bridgehead atoms. The minimum absolute atomic E-state index is 0.0645. The number of ether oxygens (including phenoxy) is 3. The second-order valence-corrected chi connectivity index (χ2v) is 7.60. The number of thioether (sulfide) groups is 1. The van der Waals surface area contributed by atoms with E-state index in [4.69, 9.17) is 30.8 Å². The van der Waals surface area contributed by atoms with Gasteiger partial charge in [-0.25, -0.2) is 4.98 Å². The first-order chi connectivity index (χ1) is 13.7. The summed E-state index contributed by atoms with van der Waals surface area (Å²) in [5.41, 5.74) is 1.59. The zero-order valence-electron chi connectivity index (χ0n) is 15.3. The van der Waals surface area contributed by atoms with Crippen molar-refractivity contribution in [2.75, 3.05) is 26.9 Å². The molecule has 0 spiro atoms. The third-order valence-electron chi connectivity index (χ3n) is 4.37. The van der Waals surface area contributed by atoms with Gasteiger partial charge in [0, 0.05) is 12.9 Å². The van der Waals surface area contributed by atoms with Crippen LogP contribution in [0.3, 0.4) is 0 Å². The maximum absolute atomic E-state index is 12.9. The first-order valence-electron chi connectivity index (χ1n) is 8.86. The highest BCUT2D eigenvalue weighted by Crippen LogP contribution is 2.39. The normalized spacial score (nSPS) is 13.1. The highest BCUT2D eigenvalue weighted by Gasteiger charge is 2.17. The molecule has 1 aromatic heterocycles. The van der Waals surface area contributed by atoms with E-state index < -0.39 is 0 Å². The summed E-state index contributed by atoms with van der Waals surface area (Å²) in [6.45, 7) is 1.87. The minimum atomic E-state index is -0.0645. The Kier molecular flexibility index (Phi) is 5.75. The molecule has 2 heterocycles. The molecule has 0 unspecified atom stereocenters. The summed E-state index contributed by atoms with van der Waals surface area (Å²) in [7, 11) is 1.61. The number of halogens is 1. The molecule has 0 aliphatic carbocycles. The summed E-state index contributed by atoms with van der Waals surface area (Å²) in [5, 5.41) is 1.77. The fourth-order valence-electron chi connectivity index (χ4n) is 3.03. The Morgan fingerprint density at radius 2 is 2.07 bits per heavy atom. The molecule has 8 heteroatoms. The highest BCUT2D eigenvalue weighted by atomic mass is 35.5. The summed E-state index contributed by atoms with van der Waals surface area (Å²) in [4.78, 5) is 17.6. The molecular weight excluding hydrogens is 400 g/mol. The van der Waals surface area contributed by atoms with Crippen molar-refractivity contribution in [2.45, 2.75) is 17.5 Å². The first-order valence-corrected chi connectivity index (χ1v) is 10.2. The molecule has 0 radical (unpaired) electrons. The van der Waals surface area contributed by atoms with Gasteiger partial charge in [-0.2, -0.15) is 0 Å². The van der Waals surface area contributed by atoms with Gasteiger partial charge in [-0.3, -0.25) is 9.36 Å². The lowest BCUT2D eigenvalue weighted by molar-refractivity contribution is 0.171. The van der Waals surface area contributed by atoms with Crippen LogP contribution in [-0.4, -0.2) is 36.5 Å². The molecule has 4 rings (SSSR count). The van der Waals surface area contributed by atoms with Gasteiger partial charge in [-0.1, -0.05) is 35.5 Å². The Balaban J connectivity index is 1.65. The molecule has 28 heavy (non-hydrogen) atoms. The third-order valence-corrected chi connectivity index (χ3v) is 5.70. The number of para-hydroxylation sites is 1. The zero-order chi connectivity index (χ0) is 19.5. The Morgan fingerprint density at radius 3 is 2.93 bits per heavy atom. The lowest BCUT2D eigenvalue weighted by Gasteiger charge is -2.20. The molecule has 0 atom stereocenters. The van der Waals surface area contributed by atoms with Crippen LogP contribution in [0.1, 0.15) is 5.56 Å². The van der Waals surface area contributed by atoms with Crippen LogP contribution in [0.15, 0.2) is 46.3 Å². The maximum atomic E-state index is 12.9. The molecule has 1 aliphatic rings. The lowest BCUT2D eigenvalue weighted by atomic mass is 10.2. The van der Waals surface area contributed by atoms with Gasteiger partial charge in [0.1, 0.15) is 13.2 Å². The monoisotopic (exact) mass is 418 g/mol. The second kappa shape index (κ2) is 8.43. The van der Waals surface area contributed by atoms with Crippen LogP contribution < -0.4 is 15.0 Å². The van der Waals surface area contributed by atoms with Gasteiger partial charge in [0.15, 0.2) is 16.7 Å². The standard InChI is InChI=1S/C20H19ClN2O4S/c1-25-7-6-23-19(24)14-4-2-3-5-16(14)22-20(23)28-12-13-10-15(21)18-17(11-13)26-8-9-27-18/h2-5,10-11H,6-9,12H2,1H3. The maximum Gasteiger partial charge on any atom is 0.262 e. The number of nitrogens with zero attached hydrogens (tertiary/aromatic N) is 2. The predicted octanol–water partition coefficient (Wildman–Crippen LogP) is 3.76. The summed E-state index contributed by atoms with van der Waals surface area (Å²) < 4.78 is 18.0. The van der Waals surface area contributed by atoms with E-state index in [9.17, 15) is 4.79 Å². The van der Waals surface area contributed by atoms with Crippen molar-refractivity contribution in [3.05, 3.63) is 57.3 Å². The fraction of sp³-hybridized carbons (Fsp3) is 0.300. The molecule has 1 aliphatic heterocycles. The van der Waals surface area contributed by atoms with Gasteiger partial charge >= 0.3 is 0 Å². The van der Waals surface area contributed by atoms with E-state index in [-0.39, 0.29) is 5.56 Å². The Labute approximate surface area is 171 Å². The van der Waals surface area contributed by atoms with Crippen molar-refractivity contribution in [1.29, 1.82) is 0 Å². The smallest absolute Gasteiger partial charge is 0.262 e. The van der Waals surface area contributed by atoms with Gasteiger partial charge in [0.25, 0.3) is 5.56 Å². The van der Waals surface area contributed by atoms with Crippen molar-refractivity contribution in [3.63, 3.8) is 0 Å². The van der Waals surface area contributed by atoms with Crippen LogP contribution in [0.25, 0.3) is 10.9 Å². The van der Waals surface area contributed by atoms with Crippen LogP contribution in [-0.2, 0) is 17.0 Å². The Morgan fingerprint density at radius 1 is 1.25 bits per heavy atom. The fourth-order valence-corrected chi connectivity index (χ4v) is 4.28. The number of fused-ring (bicyclic) bond motifs is 2. The quantitative estimate of drug-likeness (QED) is 0.448. The van der Waals surface area contributed by atoms with E-state index in [1.165, 1.54) is 11.8 Å². The largest absolute Gasteiger partial charge is 0.486 e. The number of rotatable bonds is 6. The van der Waals surface area contributed by atoms with E-state index in [0.29, 0.717) is 64.7 Å². The van der Waals surface area contributed by atoms with Crippen LogP contribution in [0.4, 0.5) is 0 Å². The topological polar surface area (TPSA) is 62.6 Å². The number of aromatic nitrogens is 2. The molecule has 0 fully saturated rings. The molecular formula is C20H19ClN2O4S. The average molecular weight is 419 g/mol. The third kappa shape index (κ3) is 3.83. The Hall–Kier alpha value is -2.22. The molecule has 0 saturated carbocycles. The summed E-state index contributed by atoms with van der Waals surface area (Å²) in [6, 6.07) is 11.2. The average Bonchev–Trinajstić information content (AvgIpc) is 2.72. The van der Waals surface area contributed by atoms with Crippen molar-refractivity contribution >= 4 is 34.3 Å². The number of benzene rings is 2. The summed E-state index contributed by atoms with van der Waals surface area (Å²) in [6.07, 6.45) is 0. The SMILES string of the molecule is COCCn1c(SCc2cc(Cl)c3c(c2)OCCO3)nc2ccccc2c1=O. The van der Waals surface area contributed by atoms with Gasteiger partial charge in [0.05, 0.1) is 29.1 Å². The second-order valence-electron chi connectivity index (χ2n) is 6.25. The number of hydrogen-bond donors (Lipinski definition) is 0. The van der Waals surface area contributed by atoms with Gasteiger partial charge in [-0.05, 0) is 29.8 Å². The van der Waals surface area contributed by atoms with Crippen molar-refractivity contribution in [2.24, 2.45) is 0 Å². The lowest BCUT2D eigenvalue weighted by Crippen LogP contribution is -2.25. The predicted molar refractivity (Wildman–Crippen MR) is 110 cm³/mol. The zero-order valence-corrected chi connectivity index (χ0v) is 16.9. The van der Waals surface area contributed by atoms with Crippen molar-refractivity contribution in [3.8, 4) is 11.5 Å². The van der Waals surface area contributed by atoms with Crippen LogP contribution in [0.2, 0.25) is 5.02 Å². The van der Waals surface area contributed by atoms with Crippen LogP contribution in [0, 0.1) is 0 Å². The molecule has 0 N–H and O–H groups in total. The van der Waals surface area contributed by atoms with E-state index >= 15 is 0 Å². The Bertz CT molecular complexity index is 1070. The van der Waals surface area contributed by atoms with Gasteiger partial charge in [-0.15, -0.1) is 0 Å². The van der Waals surface area contributed by atoms with Crippen molar-refractivity contribution in [1.82, 2.24) is 9.55 Å². The van der Waals surface area contributed by atoms with E-state index in [0.717, 1.165) is 5.56 Å². The summed E-state index contributed by atoms with van der Waals surface area (Å²) >= 11 is 7.81. The first kappa shape index (κ1) is 19.1. The molecule has 0 amide bonds. The molecule has 0 saturated heterocycles. The van der Waals surface area contributed by atoms with Crippen LogP contribution in [0.5, 0.6) is 11.5 Å². The summed E-state index contributed by atoms with van der Waals surface area (Å²) in [5.74, 6) is 1.83. The van der Waals surface area contributed by atoms with E-state index in [2.05, 4.69) is 0 Å². The van der Waals surface area contributed by atoms with Crippen molar-refractivity contribution < 1.29 is 14.2 Å². The van der Waals surface area contributed by atoms with E-state index in [1.807, 2.05) is 30.3 Å². The number of hydrogen-bond acceptors (Lipinski definition) is 6. The van der Waals surface area contributed by atoms with Gasteiger partial charge < -0.3 is 14.2 Å². The highest BCUT2D eigenvalue weighted by molar-refractivity contribution is 7.98. The number of methoxy groups -OCH3 is 1. The molecule has 146 valence electrons. The molecule has 3 aromatic rings. The minimum Gasteiger partial charge on any atom is -0.486 e.